The van der Waals surface area contributed by atoms with Crippen LogP contribution in [-0.2, 0) is 0 Å². The van der Waals surface area contributed by atoms with Crippen LogP contribution in [-0.4, -0.2) is 15.0 Å². The average molecular weight is 254 g/mol. The van der Waals surface area contributed by atoms with Crippen LogP contribution < -0.4 is 4.72 Å². The molecule has 5 heteroatoms. The van der Waals surface area contributed by atoms with Crippen LogP contribution in [0, 0.1) is 0 Å². The zero-order valence-electron chi connectivity index (χ0n) is 9.45. The molecule has 0 atom stereocenters. The van der Waals surface area contributed by atoms with Gasteiger partial charge in [-0.3, -0.25) is 4.98 Å². The summed E-state index contributed by atoms with van der Waals surface area (Å²) < 4.78 is 3.27. The maximum absolute atomic E-state index is 4.38. The Kier molecular flexibility index (Phi) is 3.06. The number of nitrogens with zero attached hydrogens (tertiary/aromatic N) is 3. The molecule has 0 bridgehead atoms. The summed E-state index contributed by atoms with van der Waals surface area (Å²) in [7, 11) is 0. The van der Waals surface area contributed by atoms with Gasteiger partial charge in [-0.15, -0.1) is 0 Å². The number of aromatic nitrogens is 3. The lowest BCUT2D eigenvalue weighted by Gasteiger charge is -2.07. The van der Waals surface area contributed by atoms with Crippen molar-refractivity contribution >= 4 is 28.5 Å². The summed E-state index contributed by atoms with van der Waals surface area (Å²) in [5, 5.41) is 1.99. The van der Waals surface area contributed by atoms with E-state index in [0.29, 0.717) is 0 Å². The maximum atomic E-state index is 4.38. The monoisotopic (exact) mass is 254 g/mol. The predicted molar refractivity (Wildman–Crippen MR) is 73.3 cm³/mol. The minimum Gasteiger partial charge on any atom is -0.322 e. The van der Waals surface area contributed by atoms with Crippen LogP contribution in [0.25, 0.3) is 10.9 Å². The van der Waals surface area contributed by atoms with Crippen molar-refractivity contribution in [3.05, 3.63) is 55.1 Å². The highest BCUT2D eigenvalue weighted by atomic mass is 32.2. The van der Waals surface area contributed by atoms with E-state index in [0.717, 1.165) is 21.6 Å². The Morgan fingerprint density at radius 2 is 1.89 bits per heavy atom. The number of fused-ring (bicyclic) bond motifs is 1. The summed E-state index contributed by atoms with van der Waals surface area (Å²) in [5.74, 6) is 0. The molecular weight excluding hydrogens is 244 g/mol. The zero-order valence-corrected chi connectivity index (χ0v) is 10.3. The van der Waals surface area contributed by atoms with Crippen molar-refractivity contribution in [3.8, 4) is 0 Å². The molecule has 0 unspecified atom stereocenters. The molecule has 0 saturated carbocycles. The first-order chi connectivity index (χ1) is 8.93. The van der Waals surface area contributed by atoms with E-state index in [4.69, 9.17) is 0 Å². The Bertz CT molecular complexity index is 652. The standard InChI is InChI=1S/C13H10N4S/c1-3-10-4-2-7-15-13(10)11(5-1)17-18-12-6-8-14-9-16-12/h1-9,17H. The molecule has 1 aromatic carbocycles. The molecule has 4 nitrogen and oxygen atoms in total. The molecule has 0 aliphatic carbocycles. The second-order valence-electron chi connectivity index (χ2n) is 3.63. The van der Waals surface area contributed by atoms with E-state index < -0.39 is 0 Å². The van der Waals surface area contributed by atoms with Gasteiger partial charge in [-0.1, -0.05) is 18.2 Å². The molecule has 3 aromatic rings. The van der Waals surface area contributed by atoms with Gasteiger partial charge in [-0.05, 0) is 18.2 Å². The van der Waals surface area contributed by atoms with Gasteiger partial charge in [0.15, 0.2) is 0 Å². The minimum absolute atomic E-state index is 0.873. The van der Waals surface area contributed by atoms with Crippen molar-refractivity contribution in [1.29, 1.82) is 0 Å². The molecule has 0 radical (unpaired) electrons. The van der Waals surface area contributed by atoms with Gasteiger partial charge in [0.05, 0.1) is 11.2 Å². The second kappa shape index (κ2) is 5.01. The Labute approximate surface area is 109 Å². The third-order valence-corrected chi connectivity index (χ3v) is 3.23. The SMILES string of the molecule is c1cnc2c(NSc3ccncn3)cccc2c1. The van der Waals surface area contributed by atoms with Crippen LogP contribution >= 0.6 is 11.9 Å². The number of anilines is 1. The van der Waals surface area contributed by atoms with Crippen LogP contribution in [0.2, 0.25) is 0 Å². The van der Waals surface area contributed by atoms with Crippen molar-refractivity contribution in [2.75, 3.05) is 4.72 Å². The predicted octanol–water partition coefficient (Wildman–Crippen LogP) is 3.14. The lowest BCUT2D eigenvalue weighted by atomic mass is 10.2. The third kappa shape index (κ3) is 2.26. The molecule has 0 fully saturated rings. The average Bonchev–Trinajstić information content (AvgIpc) is 2.46. The highest BCUT2D eigenvalue weighted by Gasteiger charge is 2.02. The van der Waals surface area contributed by atoms with Crippen molar-refractivity contribution in [2.24, 2.45) is 0 Å². The van der Waals surface area contributed by atoms with Gasteiger partial charge in [0.1, 0.15) is 11.4 Å². The molecule has 3 rings (SSSR count). The van der Waals surface area contributed by atoms with Crippen LogP contribution in [0.4, 0.5) is 5.69 Å². The van der Waals surface area contributed by atoms with Crippen LogP contribution in [0.3, 0.4) is 0 Å². The molecule has 2 aromatic heterocycles. The first-order valence-corrected chi connectivity index (χ1v) is 6.28. The molecule has 88 valence electrons. The lowest BCUT2D eigenvalue weighted by molar-refractivity contribution is 1.05. The number of nitrogens with one attached hydrogen (secondary N) is 1. The number of hydrogen-bond acceptors (Lipinski definition) is 5. The molecular formula is C13H10N4S. The van der Waals surface area contributed by atoms with E-state index in [1.807, 2.05) is 36.4 Å². The van der Waals surface area contributed by atoms with E-state index >= 15 is 0 Å². The molecule has 18 heavy (non-hydrogen) atoms. The van der Waals surface area contributed by atoms with E-state index in [1.165, 1.54) is 18.3 Å². The molecule has 0 aliphatic rings. The van der Waals surface area contributed by atoms with E-state index in [2.05, 4.69) is 19.7 Å². The fourth-order valence-corrected chi connectivity index (χ4v) is 2.24. The van der Waals surface area contributed by atoms with Gasteiger partial charge in [0, 0.05) is 29.7 Å². The van der Waals surface area contributed by atoms with E-state index in [-0.39, 0.29) is 0 Å². The molecule has 0 saturated heterocycles. The number of hydrogen-bond donors (Lipinski definition) is 1. The Balaban J connectivity index is 1.87. The van der Waals surface area contributed by atoms with Crippen molar-refractivity contribution < 1.29 is 0 Å². The maximum Gasteiger partial charge on any atom is 0.120 e. The number of rotatable bonds is 3. The molecule has 2 heterocycles. The van der Waals surface area contributed by atoms with Crippen molar-refractivity contribution in [1.82, 2.24) is 15.0 Å². The molecule has 0 amide bonds. The van der Waals surface area contributed by atoms with Crippen LogP contribution in [0.15, 0.2) is 60.1 Å². The first kappa shape index (κ1) is 11.0. The van der Waals surface area contributed by atoms with Gasteiger partial charge in [0.25, 0.3) is 0 Å². The van der Waals surface area contributed by atoms with Crippen LogP contribution in [0.5, 0.6) is 0 Å². The molecule has 1 N–H and O–H groups in total. The fraction of sp³-hybridized carbons (Fsp3) is 0. The lowest BCUT2D eigenvalue weighted by Crippen LogP contribution is -1.91. The van der Waals surface area contributed by atoms with E-state index in [9.17, 15) is 0 Å². The Morgan fingerprint density at radius 1 is 0.944 bits per heavy atom. The quantitative estimate of drug-likeness (QED) is 0.575. The highest BCUT2D eigenvalue weighted by molar-refractivity contribution is 8.00. The van der Waals surface area contributed by atoms with Gasteiger partial charge in [-0.25, -0.2) is 9.97 Å². The van der Waals surface area contributed by atoms with Crippen molar-refractivity contribution in [2.45, 2.75) is 5.03 Å². The van der Waals surface area contributed by atoms with Gasteiger partial charge in [-0.2, -0.15) is 0 Å². The Hall–Kier alpha value is -2.14. The molecule has 0 spiro atoms. The fourth-order valence-electron chi connectivity index (χ4n) is 1.63. The second-order valence-corrected chi connectivity index (χ2v) is 4.46. The van der Waals surface area contributed by atoms with Gasteiger partial charge < -0.3 is 4.72 Å². The summed E-state index contributed by atoms with van der Waals surface area (Å²) >= 11 is 1.45. The van der Waals surface area contributed by atoms with Crippen LogP contribution in [0.1, 0.15) is 0 Å². The summed E-state index contributed by atoms with van der Waals surface area (Å²) in [5.41, 5.74) is 1.94. The minimum atomic E-state index is 0.873. The number of benzene rings is 1. The topological polar surface area (TPSA) is 50.7 Å². The zero-order chi connectivity index (χ0) is 12.2. The Morgan fingerprint density at radius 3 is 2.78 bits per heavy atom. The van der Waals surface area contributed by atoms with Crippen molar-refractivity contribution in [3.63, 3.8) is 0 Å². The summed E-state index contributed by atoms with van der Waals surface area (Å²) in [6.45, 7) is 0. The van der Waals surface area contributed by atoms with Gasteiger partial charge in [0.2, 0.25) is 0 Å². The highest BCUT2D eigenvalue weighted by Crippen LogP contribution is 2.25. The third-order valence-electron chi connectivity index (χ3n) is 2.45. The first-order valence-electron chi connectivity index (χ1n) is 5.46. The van der Waals surface area contributed by atoms with Gasteiger partial charge >= 0.3 is 0 Å². The summed E-state index contributed by atoms with van der Waals surface area (Å²) in [6, 6.07) is 11.9. The smallest absolute Gasteiger partial charge is 0.120 e. The summed E-state index contributed by atoms with van der Waals surface area (Å²) in [6.07, 6.45) is 5.05. The van der Waals surface area contributed by atoms with E-state index in [1.54, 1.807) is 12.4 Å². The largest absolute Gasteiger partial charge is 0.322 e. The number of pyridine rings is 1. The summed E-state index contributed by atoms with van der Waals surface area (Å²) in [4.78, 5) is 12.4. The normalized spacial score (nSPS) is 10.4. The molecule has 0 aliphatic heterocycles. The number of para-hydroxylation sites is 1.